The van der Waals surface area contributed by atoms with E-state index in [-0.39, 0.29) is 44.4 Å². The molecule has 4 aromatic rings. The molecule has 1 atom stereocenters. The van der Waals surface area contributed by atoms with Gasteiger partial charge in [-0.1, -0.05) is 36.4 Å². The van der Waals surface area contributed by atoms with Crippen molar-refractivity contribution in [1.29, 1.82) is 0 Å². The third-order valence-electron chi connectivity index (χ3n) is 8.65. The van der Waals surface area contributed by atoms with E-state index in [0.29, 0.717) is 11.8 Å². The van der Waals surface area contributed by atoms with E-state index in [4.69, 9.17) is 4.55 Å². The summed E-state index contributed by atoms with van der Waals surface area (Å²) < 4.78 is 149. The monoisotopic (exact) mass is 912 g/mol. The summed E-state index contributed by atoms with van der Waals surface area (Å²) in [4.78, 5) is 29.5. The highest BCUT2D eigenvalue weighted by atomic mass is 32.2. The first-order valence-corrected chi connectivity index (χ1v) is 24.6. The molecule has 0 aromatic heterocycles. The van der Waals surface area contributed by atoms with Crippen molar-refractivity contribution in [3.8, 4) is 0 Å². The summed E-state index contributed by atoms with van der Waals surface area (Å²) in [6.45, 7) is 0. The van der Waals surface area contributed by atoms with Crippen molar-refractivity contribution < 1.29 is 61.2 Å². The van der Waals surface area contributed by atoms with Gasteiger partial charge in [0.2, 0.25) is 0 Å². The number of nitrogens with zero attached hydrogens (tertiary/aromatic N) is 1. The molecule has 306 valence electrons. The van der Waals surface area contributed by atoms with E-state index >= 15 is 0 Å². The summed E-state index contributed by atoms with van der Waals surface area (Å²) in [6, 6.07) is 13.5. The van der Waals surface area contributed by atoms with Crippen molar-refractivity contribution in [3.63, 3.8) is 0 Å². The van der Waals surface area contributed by atoms with Crippen LogP contribution >= 0.6 is 11.8 Å². The molecule has 2 aliphatic rings. The molecular weight excluding hydrogens is 885 g/mol. The van der Waals surface area contributed by atoms with Crippen LogP contribution < -0.4 is 21.5 Å². The molecule has 1 heterocycles. The zero-order chi connectivity index (χ0) is 42.5. The van der Waals surface area contributed by atoms with Gasteiger partial charge in [-0.25, -0.2) is 4.98 Å². The number of hydrogen-bond acceptors (Lipinski definition) is 15. The van der Waals surface area contributed by atoms with E-state index in [1.807, 2.05) is 0 Å². The minimum atomic E-state index is -5.35. The van der Waals surface area contributed by atoms with E-state index in [2.05, 4.69) is 10.3 Å². The number of rotatable bonds is 14. The van der Waals surface area contributed by atoms with Crippen LogP contribution in [0.25, 0.3) is 27.4 Å². The Morgan fingerprint density at radius 3 is 2.03 bits per heavy atom. The van der Waals surface area contributed by atoms with E-state index < -0.39 is 121 Å². The van der Waals surface area contributed by atoms with Crippen molar-refractivity contribution >= 4 is 102 Å². The quantitative estimate of drug-likeness (QED) is 0.0674. The zero-order valence-corrected chi connectivity index (χ0v) is 34.0. The fourth-order valence-electron chi connectivity index (χ4n) is 6.21. The number of hydrogen-bond donors (Lipinski definition) is 6. The van der Waals surface area contributed by atoms with Crippen LogP contribution in [0.4, 0.5) is 11.4 Å². The lowest BCUT2D eigenvalue weighted by molar-refractivity contribution is 0.480. The minimum Gasteiger partial charge on any atom is -0.506 e. The summed E-state index contributed by atoms with van der Waals surface area (Å²) in [5.74, 6) is -0.900. The van der Waals surface area contributed by atoms with Crippen molar-refractivity contribution in [2.24, 2.45) is 0 Å². The predicted molar refractivity (Wildman–Crippen MR) is 214 cm³/mol. The molecule has 1 aliphatic carbocycles. The van der Waals surface area contributed by atoms with Crippen LogP contribution in [0.2, 0.25) is 0 Å². The molecule has 18 nitrogen and oxygen atoms in total. The van der Waals surface area contributed by atoms with Gasteiger partial charge in [0.1, 0.15) is 15.6 Å². The van der Waals surface area contributed by atoms with Crippen molar-refractivity contribution in [2.75, 3.05) is 28.3 Å². The molecule has 0 bridgehead atoms. The molecule has 1 aliphatic heterocycles. The second-order valence-corrected chi connectivity index (χ2v) is 21.0. The number of anilines is 2. The van der Waals surface area contributed by atoms with Gasteiger partial charge in [0, 0.05) is 37.8 Å². The highest BCUT2D eigenvalue weighted by Gasteiger charge is 2.27. The van der Waals surface area contributed by atoms with Crippen LogP contribution in [0.3, 0.4) is 0 Å². The molecule has 0 saturated carbocycles. The second-order valence-electron chi connectivity index (χ2n) is 12.4. The number of aromatic nitrogens is 1. The predicted octanol–water partition coefficient (Wildman–Crippen LogP) is 2.31. The van der Waals surface area contributed by atoms with Gasteiger partial charge in [0.15, 0.2) is 5.43 Å². The molecule has 0 saturated heterocycles. The van der Waals surface area contributed by atoms with Gasteiger partial charge < -0.3 is 10.4 Å². The number of fused-ring (bicyclic) bond motifs is 2. The Kier molecular flexibility index (Phi) is 11.7. The third-order valence-corrected chi connectivity index (χ3v) is 14.8. The molecule has 0 fully saturated rings. The molecule has 0 spiro atoms. The first-order chi connectivity index (χ1) is 27.0. The standard InChI is InChI=1S/C34H28N2O16S6/c37-32(18-5-3-6-20(15-18)56(44,45)46)30-27-21-7-1-2-8-22(21)33(38)28-24(17-26(58(50,51)52)31(29(27)28)36-34(30)39)35-23-16-19(9-10-25(23)57(47,48)49)54(40)13-12-53-11-4-14-55(41,42)43/h1-3,5-10,15-17,35,37H,4,11-14H2,(H,41,42,43)(H,44,45,46)(H,47,48,49)(H,50,51,52). The first-order valence-electron chi connectivity index (χ1n) is 16.2. The Morgan fingerprint density at radius 2 is 1.40 bits per heavy atom. The summed E-state index contributed by atoms with van der Waals surface area (Å²) in [7, 11) is -21.3. The summed E-state index contributed by atoms with van der Waals surface area (Å²) >= 11 is 1.22. The number of aliphatic hydroxyl groups excluding tert-OH is 1. The second kappa shape index (κ2) is 15.9. The molecule has 6 N–H and O–H groups in total. The fraction of sp³-hybridized carbons (Fsp3) is 0.147. The van der Waals surface area contributed by atoms with Crippen molar-refractivity contribution in [2.45, 2.75) is 26.0 Å². The van der Waals surface area contributed by atoms with Gasteiger partial charge in [-0.3, -0.25) is 32.0 Å². The maximum atomic E-state index is 14.4. The van der Waals surface area contributed by atoms with Crippen LogP contribution in [-0.2, 0) is 51.3 Å². The Balaban J connectivity index is 1.65. The normalized spacial score (nSPS) is 13.9. The lowest BCUT2D eigenvalue weighted by atomic mass is 9.96. The topological polar surface area (TPSA) is 314 Å². The average molecular weight is 913 g/mol. The van der Waals surface area contributed by atoms with E-state index in [1.54, 1.807) is 0 Å². The van der Waals surface area contributed by atoms with Crippen LogP contribution in [-0.4, -0.2) is 89.2 Å². The lowest BCUT2D eigenvalue weighted by Gasteiger charge is -2.17. The number of thioether (sulfide) groups is 1. The van der Waals surface area contributed by atoms with Gasteiger partial charge >= 0.3 is 0 Å². The smallest absolute Gasteiger partial charge is 0.296 e. The van der Waals surface area contributed by atoms with Gasteiger partial charge in [-0.05, 0) is 54.0 Å². The van der Waals surface area contributed by atoms with Gasteiger partial charge in [0.05, 0.1) is 48.9 Å². The molecule has 4 aromatic carbocycles. The first kappa shape index (κ1) is 43.0. The van der Waals surface area contributed by atoms with Crippen molar-refractivity contribution in [1.82, 2.24) is 4.98 Å². The summed E-state index contributed by atoms with van der Waals surface area (Å²) in [6.07, 6.45) is 0.115. The van der Waals surface area contributed by atoms with E-state index in [9.17, 15) is 66.2 Å². The Labute approximate surface area is 335 Å². The molecule has 24 heteroatoms. The molecule has 1 unspecified atom stereocenters. The number of nitrogens with one attached hydrogen (secondary N) is 1. The largest absolute Gasteiger partial charge is 0.506 e. The average Bonchev–Trinajstić information content (AvgIpc) is 3.13. The van der Waals surface area contributed by atoms with Crippen LogP contribution in [0.15, 0.2) is 102 Å². The van der Waals surface area contributed by atoms with E-state index in [0.717, 1.165) is 36.4 Å². The fourth-order valence-corrected chi connectivity index (χ4v) is 11.0. The molecular formula is C34H28N2O16S6. The van der Waals surface area contributed by atoms with Crippen molar-refractivity contribution in [3.05, 3.63) is 115 Å². The lowest BCUT2D eigenvalue weighted by Crippen LogP contribution is -2.33. The highest BCUT2D eigenvalue weighted by Crippen LogP contribution is 2.34. The molecule has 0 amide bonds. The Hall–Kier alpha value is -4.63. The van der Waals surface area contributed by atoms with Crippen LogP contribution in [0, 0.1) is 10.4 Å². The maximum absolute atomic E-state index is 14.4. The third kappa shape index (κ3) is 8.85. The minimum absolute atomic E-state index is 0.0122. The Morgan fingerprint density at radius 1 is 0.724 bits per heavy atom. The van der Waals surface area contributed by atoms with Gasteiger partial charge in [0.25, 0.3) is 46.0 Å². The molecule has 58 heavy (non-hydrogen) atoms. The van der Waals surface area contributed by atoms with Crippen LogP contribution in [0.1, 0.15) is 12.0 Å². The van der Waals surface area contributed by atoms with Gasteiger partial charge in [-0.2, -0.15) is 45.4 Å². The number of benzene rings is 4. The number of aliphatic hydroxyl groups is 1. The zero-order valence-electron chi connectivity index (χ0n) is 29.1. The van der Waals surface area contributed by atoms with E-state index in [1.165, 1.54) is 42.1 Å². The van der Waals surface area contributed by atoms with Gasteiger partial charge in [-0.15, -0.1) is 0 Å². The molecule has 0 radical (unpaired) electrons. The maximum Gasteiger partial charge on any atom is 0.296 e. The summed E-state index contributed by atoms with van der Waals surface area (Å²) in [5.41, 5.74) is -4.27. The Bertz CT molecular complexity index is 3400. The molecule has 6 rings (SSSR count). The highest BCUT2D eigenvalue weighted by molar-refractivity contribution is 8.00. The SMILES string of the molecule is O=c1nc2c(S(=O)(=O)O)cc(Nc3cc(S(=O)CCSCCCS(=O)(=O)O)ccc3S(=O)(=O)O)c3c2=c(c1=C(O)c1cccc(S(=O)(=O)O)c1)c1ccccc1c3=O. The van der Waals surface area contributed by atoms with Crippen LogP contribution in [0.5, 0.6) is 0 Å². The summed E-state index contributed by atoms with van der Waals surface area (Å²) in [5, 5.41) is 12.2.